The summed E-state index contributed by atoms with van der Waals surface area (Å²) in [5.74, 6) is -1.24. The monoisotopic (exact) mass is 478 g/mol. The molecule has 10 heteroatoms. The molecule has 1 fully saturated rings. The van der Waals surface area contributed by atoms with Crippen LogP contribution in [-0.4, -0.2) is 39.8 Å². The Kier molecular flexibility index (Phi) is 8.40. The Morgan fingerprint density at radius 1 is 1.06 bits per heavy atom. The molecule has 2 aromatic carbocycles. The van der Waals surface area contributed by atoms with Gasteiger partial charge in [-0.2, -0.15) is 13.2 Å². The normalized spacial score (nSPS) is 19.8. The van der Waals surface area contributed by atoms with Gasteiger partial charge < -0.3 is 26.2 Å². The lowest BCUT2D eigenvalue weighted by atomic mass is 9.66. The summed E-state index contributed by atoms with van der Waals surface area (Å²) in [5, 5.41) is 31.0. The van der Waals surface area contributed by atoms with E-state index in [0.29, 0.717) is 37.8 Å². The zero-order valence-electron chi connectivity index (χ0n) is 18.8. The Balaban J connectivity index is 1.57. The van der Waals surface area contributed by atoms with Crippen molar-refractivity contribution in [3.05, 3.63) is 59.7 Å². The quantitative estimate of drug-likeness (QED) is 0.249. The predicted octanol–water partition coefficient (Wildman–Crippen LogP) is 3.67. The second-order valence-electron chi connectivity index (χ2n) is 9.05. The first kappa shape index (κ1) is 26.2. The number of rotatable bonds is 11. The first-order valence-electron chi connectivity index (χ1n) is 11.4. The number of hydrogen-bond donors (Lipinski definition) is 5. The van der Waals surface area contributed by atoms with Gasteiger partial charge in [0.1, 0.15) is 5.54 Å². The van der Waals surface area contributed by atoms with E-state index in [1.807, 2.05) is 24.3 Å². The minimum Gasteiger partial charge on any atom is -0.480 e. The van der Waals surface area contributed by atoms with Gasteiger partial charge in [-0.25, -0.2) is 0 Å². The molecule has 1 aliphatic carbocycles. The van der Waals surface area contributed by atoms with Crippen LogP contribution in [0.15, 0.2) is 48.5 Å². The Morgan fingerprint density at radius 3 is 2.29 bits per heavy atom. The molecule has 0 aromatic heterocycles. The third-order valence-corrected chi connectivity index (χ3v) is 6.69. The maximum atomic E-state index is 12.9. The summed E-state index contributed by atoms with van der Waals surface area (Å²) in [6.07, 6.45) is -1.74. The van der Waals surface area contributed by atoms with Crippen LogP contribution in [0.25, 0.3) is 11.1 Å². The Hall–Kier alpha value is -2.40. The molecule has 184 valence electrons. The number of benzene rings is 2. The highest BCUT2D eigenvalue weighted by Gasteiger charge is 2.48. The number of alkyl halides is 3. The van der Waals surface area contributed by atoms with Crippen molar-refractivity contribution in [2.75, 3.05) is 0 Å². The van der Waals surface area contributed by atoms with Crippen LogP contribution in [0.1, 0.15) is 43.2 Å². The number of nitrogens with two attached hydrogens (primary N) is 1. The van der Waals surface area contributed by atoms with Crippen LogP contribution in [-0.2, 0) is 17.5 Å². The predicted molar refractivity (Wildman–Crippen MR) is 124 cm³/mol. The molecule has 0 amide bonds. The van der Waals surface area contributed by atoms with E-state index in [1.54, 1.807) is 0 Å². The van der Waals surface area contributed by atoms with Gasteiger partial charge in [-0.05, 0) is 60.3 Å². The summed E-state index contributed by atoms with van der Waals surface area (Å²) in [5.41, 5.74) is 6.67. The van der Waals surface area contributed by atoms with Crippen molar-refractivity contribution >= 4 is 13.1 Å². The molecule has 2 aromatic rings. The molecule has 0 bridgehead atoms. The summed E-state index contributed by atoms with van der Waals surface area (Å²) in [7, 11) is -1.40. The Labute approximate surface area is 197 Å². The van der Waals surface area contributed by atoms with Gasteiger partial charge in [0.15, 0.2) is 0 Å². The van der Waals surface area contributed by atoms with E-state index in [-0.39, 0.29) is 24.7 Å². The number of carbonyl (C=O) groups is 1. The molecule has 1 aliphatic rings. The molecule has 6 N–H and O–H groups in total. The van der Waals surface area contributed by atoms with E-state index in [2.05, 4.69) is 5.32 Å². The fraction of sp³-hybridized carbons (Fsp3) is 0.458. The first-order chi connectivity index (χ1) is 16.0. The molecule has 0 radical (unpaired) electrons. The van der Waals surface area contributed by atoms with Crippen LogP contribution < -0.4 is 11.1 Å². The number of carboxylic acids is 1. The number of hydrogen-bond acceptors (Lipinski definition) is 5. The van der Waals surface area contributed by atoms with Crippen molar-refractivity contribution in [2.24, 2.45) is 11.7 Å². The Bertz CT molecular complexity index is 965. The van der Waals surface area contributed by atoms with Crippen LogP contribution in [0.2, 0.25) is 6.32 Å². The topological polar surface area (TPSA) is 116 Å². The fourth-order valence-electron chi connectivity index (χ4n) is 4.48. The molecular formula is C24H30BF3N2O4. The fourth-order valence-corrected chi connectivity index (χ4v) is 4.48. The van der Waals surface area contributed by atoms with E-state index in [9.17, 15) is 23.1 Å². The number of aliphatic carboxylic acids is 1. The van der Waals surface area contributed by atoms with Gasteiger partial charge in [-0.3, -0.25) is 4.79 Å². The summed E-state index contributed by atoms with van der Waals surface area (Å²) in [6.45, 7) is 0.494. The van der Waals surface area contributed by atoms with Crippen LogP contribution in [0, 0.1) is 5.92 Å². The van der Waals surface area contributed by atoms with Crippen LogP contribution >= 0.6 is 0 Å². The molecule has 34 heavy (non-hydrogen) atoms. The molecule has 0 spiro atoms. The van der Waals surface area contributed by atoms with Gasteiger partial charge in [0.2, 0.25) is 0 Å². The van der Waals surface area contributed by atoms with Crippen LogP contribution in [0.4, 0.5) is 13.2 Å². The van der Waals surface area contributed by atoms with Gasteiger partial charge in [0.25, 0.3) is 0 Å². The highest BCUT2D eigenvalue weighted by atomic mass is 19.4. The molecular weight excluding hydrogens is 448 g/mol. The third-order valence-electron chi connectivity index (χ3n) is 6.69. The molecule has 0 aliphatic heterocycles. The standard InChI is InChI=1S/C24H30BF3N2O4/c26-24(27,28)18-9-7-16(8-10-18)21-6-2-1-5-17(21)15-30-20-13-19(14-20)23(29,22(31)32)11-3-4-12-25(33)34/h1-2,5-10,19-20,30,33-34H,3-4,11-15,29H2,(H,31,32)/t19?,20?,23-/m0/s1. The second kappa shape index (κ2) is 10.9. The molecule has 1 atom stereocenters. The first-order valence-corrected chi connectivity index (χ1v) is 11.4. The third kappa shape index (κ3) is 6.38. The molecule has 0 unspecified atom stereocenters. The molecule has 6 nitrogen and oxygen atoms in total. The van der Waals surface area contributed by atoms with Crippen molar-refractivity contribution in [3.63, 3.8) is 0 Å². The Morgan fingerprint density at radius 2 is 1.71 bits per heavy atom. The van der Waals surface area contributed by atoms with Gasteiger partial charge in [-0.15, -0.1) is 0 Å². The lowest BCUT2D eigenvalue weighted by Crippen LogP contribution is -2.61. The highest BCUT2D eigenvalue weighted by Crippen LogP contribution is 2.39. The van der Waals surface area contributed by atoms with Crippen LogP contribution in [0.5, 0.6) is 0 Å². The molecule has 1 saturated carbocycles. The number of halogens is 3. The van der Waals surface area contributed by atoms with E-state index >= 15 is 0 Å². The van der Waals surface area contributed by atoms with Crippen molar-refractivity contribution in [2.45, 2.75) is 62.7 Å². The second-order valence-corrected chi connectivity index (χ2v) is 9.05. The van der Waals surface area contributed by atoms with Crippen molar-refractivity contribution in [1.82, 2.24) is 5.32 Å². The molecule has 0 heterocycles. The van der Waals surface area contributed by atoms with Crippen molar-refractivity contribution < 1.29 is 33.1 Å². The largest absolute Gasteiger partial charge is 0.480 e. The minimum atomic E-state index is -4.38. The van der Waals surface area contributed by atoms with Crippen molar-refractivity contribution in [1.29, 1.82) is 0 Å². The zero-order chi connectivity index (χ0) is 24.9. The minimum absolute atomic E-state index is 0.0900. The summed E-state index contributed by atoms with van der Waals surface area (Å²) < 4.78 is 38.6. The van der Waals surface area contributed by atoms with Gasteiger partial charge >= 0.3 is 19.3 Å². The van der Waals surface area contributed by atoms with Crippen molar-refractivity contribution in [3.8, 4) is 11.1 Å². The van der Waals surface area contributed by atoms with E-state index in [4.69, 9.17) is 15.8 Å². The lowest BCUT2D eigenvalue weighted by Gasteiger charge is -2.45. The van der Waals surface area contributed by atoms with Gasteiger partial charge in [-0.1, -0.05) is 49.2 Å². The number of carboxylic acid groups (broad SMARTS) is 1. The van der Waals surface area contributed by atoms with E-state index < -0.39 is 30.4 Å². The average Bonchev–Trinajstić information content (AvgIpc) is 2.75. The van der Waals surface area contributed by atoms with Gasteiger partial charge in [0.05, 0.1) is 5.56 Å². The SMILES string of the molecule is N[C@](CCCCB(O)O)(C(=O)O)C1CC(NCc2ccccc2-c2ccc(C(F)(F)F)cc2)C1. The maximum Gasteiger partial charge on any atom is 0.451 e. The average molecular weight is 478 g/mol. The van der Waals surface area contributed by atoms with Gasteiger partial charge in [0, 0.05) is 12.6 Å². The highest BCUT2D eigenvalue weighted by molar-refractivity contribution is 6.40. The molecule has 0 saturated heterocycles. The maximum absolute atomic E-state index is 12.9. The number of nitrogens with one attached hydrogen (secondary N) is 1. The lowest BCUT2D eigenvalue weighted by molar-refractivity contribution is -0.148. The summed E-state index contributed by atoms with van der Waals surface area (Å²) in [6, 6.07) is 12.6. The summed E-state index contributed by atoms with van der Waals surface area (Å²) in [4.78, 5) is 11.8. The van der Waals surface area contributed by atoms with E-state index in [1.165, 1.54) is 12.1 Å². The van der Waals surface area contributed by atoms with Crippen LogP contribution in [0.3, 0.4) is 0 Å². The van der Waals surface area contributed by atoms with E-state index in [0.717, 1.165) is 23.3 Å². The number of unbranched alkanes of at least 4 members (excludes halogenated alkanes) is 1. The molecule has 3 rings (SSSR count). The summed E-state index contributed by atoms with van der Waals surface area (Å²) >= 11 is 0. The zero-order valence-corrected chi connectivity index (χ0v) is 18.8. The smallest absolute Gasteiger partial charge is 0.451 e.